The number of aryl methyl sites for hydroxylation is 2. The highest BCUT2D eigenvalue weighted by Gasteiger charge is 2.18. The number of fused-ring (bicyclic) bond motifs is 1. The third-order valence-electron chi connectivity index (χ3n) is 4.27. The van der Waals surface area contributed by atoms with Gasteiger partial charge < -0.3 is 4.74 Å². The van der Waals surface area contributed by atoms with Gasteiger partial charge in [-0.2, -0.15) is 0 Å². The highest BCUT2D eigenvalue weighted by molar-refractivity contribution is 7.89. The van der Waals surface area contributed by atoms with Gasteiger partial charge in [0.1, 0.15) is 12.4 Å². The molecule has 1 heterocycles. The molecule has 0 saturated heterocycles. The van der Waals surface area contributed by atoms with E-state index in [0.717, 1.165) is 21.9 Å². The van der Waals surface area contributed by atoms with Crippen LogP contribution in [0.15, 0.2) is 59.8 Å². The molecule has 1 aromatic heterocycles. The van der Waals surface area contributed by atoms with Crippen LogP contribution in [0.1, 0.15) is 25.5 Å². The number of hydrogen-bond donors (Lipinski definition) is 1. The van der Waals surface area contributed by atoms with Crippen LogP contribution >= 0.6 is 0 Å². The number of pyridine rings is 1. The van der Waals surface area contributed by atoms with E-state index >= 15 is 0 Å². The van der Waals surface area contributed by atoms with Crippen LogP contribution in [0, 0.1) is 13.8 Å². The van der Waals surface area contributed by atoms with Gasteiger partial charge in [-0.25, -0.2) is 13.1 Å². The molecule has 5 nitrogen and oxygen atoms in total. The fourth-order valence-electron chi connectivity index (χ4n) is 2.68. The lowest BCUT2D eigenvalue weighted by atomic mass is 10.1. The minimum atomic E-state index is -3.59. The molecule has 0 radical (unpaired) electrons. The predicted molar refractivity (Wildman–Crippen MR) is 110 cm³/mol. The van der Waals surface area contributed by atoms with Crippen LogP contribution in [0.4, 0.5) is 0 Å². The van der Waals surface area contributed by atoms with Gasteiger partial charge in [0.05, 0.1) is 10.9 Å². The molecule has 0 amide bonds. The Labute approximate surface area is 161 Å². The summed E-state index contributed by atoms with van der Waals surface area (Å²) in [6, 6.07) is 12.3. The van der Waals surface area contributed by atoms with Gasteiger partial charge in [0.15, 0.2) is 0 Å². The molecule has 0 bridgehead atoms. The average molecular weight is 387 g/mol. The lowest BCUT2D eigenvalue weighted by molar-refractivity contribution is 0.290. The standard InChI is InChI=1S/C20H22N2O3S.CH4/c1-14-7-8-18(11-15(14)2)26(23,24)22-16(3)13-25-20-6-4-5-17-12-21-10-9-19(17)20;/h4-12,16,22H,13H2,1-3H3;1H4/t16-;/m0./s1. The summed E-state index contributed by atoms with van der Waals surface area (Å²) in [6.07, 6.45) is 3.48. The number of hydrogen-bond acceptors (Lipinski definition) is 4. The SMILES string of the molecule is C.Cc1ccc(S(=O)(=O)N[C@@H](C)COc2cccc3cnccc23)cc1C. The number of sulfonamides is 1. The van der Waals surface area contributed by atoms with Gasteiger partial charge in [-0.1, -0.05) is 25.6 Å². The van der Waals surface area contributed by atoms with E-state index in [9.17, 15) is 8.42 Å². The van der Waals surface area contributed by atoms with Crippen molar-refractivity contribution in [1.82, 2.24) is 9.71 Å². The molecule has 144 valence electrons. The number of nitrogens with zero attached hydrogens (tertiary/aromatic N) is 1. The Morgan fingerprint density at radius 1 is 1.11 bits per heavy atom. The summed E-state index contributed by atoms with van der Waals surface area (Å²) in [4.78, 5) is 4.36. The van der Waals surface area contributed by atoms with Crippen molar-refractivity contribution in [3.8, 4) is 5.75 Å². The molecule has 0 unspecified atom stereocenters. The molecule has 6 heteroatoms. The number of aromatic nitrogens is 1. The molecule has 0 aliphatic rings. The fourth-order valence-corrected chi connectivity index (χ4v) is 3.99. The van der Waals surface area contributed by atoms with Crippen molar-refractivity contribution in [3.63, 3.8) is 0 Å². The highest BCUT2D eigenvalue weighted by Crippen LogP contribution is 2.24. The molecule has 1 atom stereocenters. The van der Waals surface area contributed by atoms with Crippen LogP contribution in [-0.4, -0.2) is 26.1 Å². The molecule has 0 saturated carbocycles. The van der Waals surface area contributed by atoms with Crippen LogP contribution in [0.3, 0.4) is 0 Å². The monoisotopic (exact) mass is 386 g/mol. The summed E-state index contributed by atoms with van der Waals surface area (Å²) in [5, 5.41) is 1.93. The first-order valence-electron chi connectivity index (χ1n) is 8.42. The molecule has 27 heavy (non-hydrogen) atoms. The van der Waals surface area contributed by atoms with Crippen LogP contribution in [0.5, 0.6) is 5.75 Å². The van der Waals surface area contributed by atoms with Crippen molar-refractivity contribution >= 4 is 20.8 Å². The van der Waals surface area contributed by atoms with E-state index in [0.29, 0.717) is 5.75 Å². The van der Waals surface area contributed by atoms with E-state index in [2.05, 4.69) is 9.71 Å². The van der Waals surface area contributed by atoms with Crippen LogP contribution in [0.2, 0.25) is 0 Å². The quantitative estimate of drug-likeness (QED) is 0.688. The van der Waals surface area contributed by atoms with Gasteiger partial charge in [0, 0.05) is 23.2 Å². The van der Waals surface area contributed by atoms with Crippen molar-refractivity contribution in [1.29, 1.82) is 0 Å². The normalized spacial score (nSPS) is 12.4. The lowest BCUT2D eigenvalue weighted by Gasteiger charge is -2.16. The van der Waals surface area contributed by atoms with Gasteiger partial charge in [-0.3, -0.25) is 4.98 Å². The second kappa shape index (κ2) is 8.50. The topological polar surface area (TPSA) is 68.3 Å². The van der Waals surface area contributed by atoms with Crippen LogP contribution in [-0.2, 0) is 10.0 Å². The third-order valence-corrected chi connectivity index (χ3v) is 5.86. The second-order valence-electron chi connectivity index (χ2n) is 6.43. The summed E-state index contributed by atoms with van der Waals surface area (Å²) in [5.41, 5.74) is 2.01. The molecule has 0 aliphatic carbocycles. The Morgan fingerprint density at radius 3 is 2.63 bits per heavy atom. The van der Waals surface area contributed by atoms with E-state index in [-0.39, 0.29) is 25.0 Å². The summed E-state index contributed by atoms with van der Waals surface area (Å²) < 4.78 is 33.6. The Hall–Kier alpha value is -2.44. The van der Waals surface area contributed by atoms with E-state index < -0.39 is 10.0 Å². The number of ether oxygens (including phenoxy) is 1. The minimum absolute atomic E-state index is 0. The van der Waals surface area contributed by atoms with Gasteiger partial charge in [-0.15, -0.1) is 0 Å². The van der Waals surface area contributed by atoms with Crippen LogP contribution in [0.25, 0.3) is 10.8 Å². The second-order valence-corrected chi connectivity index (χ2v) is 8.15. The van der Waals surface area contributed by atoms with E-state index in [4.69, 9.17) is 4.74 Å². The maximum absolute atomic E-state index is 12.6. The summed E-state index contributed by atoms with van der Waals surface area (Å²) >= 11 is 0. The van der Waals surface area contributed by atoms with Gasteiger partial charge in [0.2, 0.25) is 10.0 Å². The minimum Gasteiger partial charge on any atom is -0.491 e. The summed E-state index contributed by atoms with van der Waals surface area (Å²) in [5.74, 6) is 0.710. The van der Waals surface area contributed by atoms with Gasteiger partial charge >= 0.3 is 0 Å². The van der Waals surface area contributed by atoms with Crippen LogP contribution < -0.4 is 9.46 Å². The largest absolute Gasteiger partial charge is 0.491 e. The zero-order valence-electron chi connectivity index (χ0n) is 15.1. The Balaban J connectivity index is 0.00000261. The first-order chi connectivity index (χ1) is 12.4. The smallest absolute Gasteiger partial charge is 0.240 e. The summed E-state index contributed by atoms with van der Waals surface area (Å²) in [6.45, 7) is 5.86. The predicted octanol–water partition coefficient (Wildman–Crippen LogP) is 4.23. The van der Waals surface area contributed by atoms with E-state index in [1.54, 1.807) is 31.5 Å². The van der Waals surface area contributed by atoms with Gasteiger partial charge in [-0.05, 0) is 56.2 Å². The van der Waals surface area contributed by atoms with Crippen molar-refractivity contribution in [2.24, 2.45) is 0 Å². The van der Waals surface area contributed by atoms with Crippen molar-refractivity contribution in [2.45, 2.75) is 39.1 Å². The highest BCUT2D eigenvalue weighted by atomic mass is 32.2. The van der Waals surface area contributed by atoms with E-state index in [1.165, 1.54) is 0 Å². The molecular weight excluding hydrogens is 360 g/mol. The zero-order valence-corrected chi connectivity index (χ0v) is 15.9. The number of nitrogens with one attached hydrogen (secondary N) is 1. The molecule has 1 N–H and O–H groups in total. The maximum atomic E-state index is 12.6. The average Bonchev–Trinajstić information content (AvgIpc) is 2.61. The molecule has 3 aromatic rings. The number of benzene rings is 2. The zero-order chi connectivity index (χ0) is 18.7. The Morgan fingerprint density at radius 2 is 1.89 bits per heavy atom. The lowest BCUT2D eigenvalue weighted by Crippen LogP contribution is -2.36. The van der Waals surface area contributed by atoms with Crippen molar-refractivity contribution in [3.05, 3.63) is 66.0 Å². The fraction of sp³-hybridized carbons (Fsp3) is 0.286. The Bertz CT molecular complexity index is 1030. The first-order valence-corrected chi connectivity index (χ1v) is 9.90. The van der Waals surface area contributed by atoms with Gasteiger partial charge in [0.25, 0.3) is 0 Å². The number of rotatable bonds is 6. The molecule has 0 fully saturated rings. The Kier molecular flexibility index (Phi) is 6.57. The van der Waals surface area contributed by atoms with E-state index in [1.807, 2.05) is 44.2 Å². The molecule has 3 rings (SSSR count). The molecule has 0 spiro atoms. The van der Waals surface area contributed by atoms with Crippen molar-refractivity contribution < 1.29 is 13.2 Å². The molecule has 0 aliphatic heterocycles. The van der Waals surface area contributed by atoms with Crippen molar-refractivity contribution in [2.75, 3.05) is 6.61 Å². The first kappa shape index (κ1) is 20.9. The maximum Gasteiger partial charge on any atom is 0.240 e. The molecular formula is C21H26N2O3S. The molecule has 2 aromatic carbocycles. The summed E-state index contributed by atoms with van der Waals surface area (Å²) in [7, 11) is -3.59. The third kappa shape index (κ3) is 4.84.